The van der Waals surface area contributed by atoms with Crippen molar-refractivity contribution in [2.75, 3.05) is 0 Å². The molecule has 0 bridgehead atoms. The van der Waals surface area contributed by atoms with Gasteiger partial charge in [0.05, 0.1) is 4.90 Å². The lowest BCUT2D eigenvalue weighted by molar-refractivity contribution is 0.361. The van der Waals surface area contributed by atoms with Crippen molar-refractivity contribution in [1.82, 2.24) is 4.72 Å². The molecule has 5 heteroatoms. The molecule has 0 radical (unpaired) electrons. The summed E-state index contributed by atoms with van der Waals surface area (Å²) in [7, 11) is -3.50. The summed E-state index contributed by atoms with van der Waals surface area (Å²) in [5, 5.41) is 0. The molecule has 4 nitrogen and oxygen atoms in total. The van der Waals surface area contributed by atoms with E-state index < -0.39 is 10.0 Å². The van der Waals surface area contributed by atoms with Crippen molar-refractivity contribution in [1.29, 1.82) is 0 Å². The summed E-state index contributed by atoms with van der Waals surface area (Å²) >= 11 is 0. The first-order valence-electron chi connectivity index (χ1n) is 7.28. The zero-order valence-corrected chi connectivity index (χ0v) is 13.0. The van der Waals surface area contributed by atoms with Crippen molar-refractivity contribution in [3.63, 3.8) is 0 Å². The second kappa shape index (κ2) is 6.24. The SMILES string of the molecule is CC(C)c1ccccc1S(=O)(=O)N[C@@H]1CCCC[C@H]1N. The van der Waals surface area contributed by atoms with E-state index in [1.165, 1.54) is 0 Å². The number of nitrogens with one attached hydrogen (secondary N) is 1. The summed E-state index contributed by atoms with van der Waals surface area (Å²) in [6.07, 6.45) is 3.83. The van der Waals surface area contributed by atoms with Gasteiger partial charge in [-0.1, -0.05) is 44.9 Å². The van der Waals surface area contributed by atoms with Gasteiger partial charge in [0, 0.05) is 12.1 Å². The predicted octanol–water partition coefficient (Wildman–Crippen LogP) is 2.36. The van der Waals surface area contributed by atoms with E-state index in [9.17, 15) is 8.42 Å². The number of sulfonamides is 1. The van der Waals surface area contributed by atoms with Crippen LogP contribution in [0.4, 0.5) is 0 Å². The third-order valence-corrected chi connectivity index (χ3v) is 5.52. The van der Waals surface area contributed by atoms with E-state index in [4.69, 9.17) is 5.73 Å². The summed E-state index contributed by atoms with van der Waals surface area (Å²) in [5.41, 5.74) is 6.89. The van der Waals surface area contributed by atoms with Crippen molar-refractivity contribution >= 4 is 10.0 Å². The zero-order valence-electron chi connectivity index (χ0n) is 12.2. The van der Waals surface area contributed by atoms with Crippen molar-refractivity contribution in [2.45, 2.75) is 62.4 Å². The molecule has 1 aliphatic carbocycles. The number of benzene rings is 1. The molecular formula is C15H24N2O2S. The predicted molar refractivity (Wildman–Crippen MR) is 81.1 cm³/mol. The normalized spacial score (nSPS) is 24.0. The molecule has 112 valence electrons. The lowest BCUT2D eigenvalue weighted by atomic mass is 9.92. The Morgan fingerprint density at radius 2 is 1.85 bits per heavy atom. The van der Waals surface area contributed by atoms with Gasteiger partial charge in [-0.3, -0.25) is 0 Å². The highest BCUT2D eigenvalue weighted by Gasteiger charge is 2.28. The third kappa shape index (κ3) is 3.40. The molecule has 0 aromatic heterocycles. The van der Waals surface area contributed by atoms with E-state index in [0.717, 1.165) is 31.2 Å². The average Bonchev–Trinajstić information content (AvgIpc) is 2.41. The minimum atomic E-state index is -3.50. The van der Waals surface area contributed by atoms with Crippen LogP contribution in [0.1, 0.15) is 51.0 Å². The van der Waals surface area contributed by atoms with Gasteiger partial charge in [-0.05, 0) is 30.4 Å². The maximum atomic E-state index is 12.6. The molecule has 1 fully saturated rings. The van der Waals surface area contributed by atoms with Crippen LogP contribution >= 0.6 is 0 Å². The Kier molecular flexibility index (Phi) is 4.83. The first-order valence-corrected chi connectivity index (χ1v) is 8.77. The van der Waals surface area contributed by atoms with E-state index >= 15 is 0 Å². The van der Waals surface area contributed by atoms with Gasteiger partial charge in [-0.15, -0.1) is 0 Å². The van der Waals surface area contributed by atoms with Gasteiger partial charge < -0.3 is 5.73 Å². The Balaban J connectivity index is 2.26. The van der Waals surface area contributed by atoms with Crippen molar-refractivity contribution < 1.29 is 8.42 Å². The molecule has 1 aromatic rings. The van der Waals surface area contributed by atoms with E-state index in [-0.39, 0.29) is 18.0 Å². The molecule has 20 heavy (non-hydrogen) atoms. The smallest absolute Gasteiger partial charge is 0.241 e. The largest absolute Gasteiger partial charge is 0.326 e. The summed E-state index contributed by atoms with van der Waals surface area (Å²) in [5.74, 6) is 0.169. The Labute approximate surface area is 121 Å². The topological polar surface area (TPSA) is 72.2 Å². The quantitative estimate of drug-likeness (QED) is 0.896. The van der Waals surface area contributed by atoms with Gasteiger partial charge in [0.15, 0.2) is 0 Å². The number of hydrogen-bond acceptors (Lipinski definition) is 3. The Morgan fingerprint density at radius 1 is 1.20 bits per heavy atom. The van der Waals surface area contributed by atoms with E-state index in [1.807, 2.05) is 26.0 Å². The number of rotatable bonds is 4. The molecular weight excluding hydrogens is 272 g/mol. The summed E-state index contributed by atoms with van der Waals surface area (Å²) in [6.45, 7) is 4.00. The fourth-order valence-electron chi connectivity index (χ4n) is 2.77. The molecule has 1 saturated carbocycles. The molecule has 2 rings (SSSR count). The summed E-state index contributed by atoms with van der Waals surface area (Å²) < 4.78 is 28.0. The minimum absolute atomic E-state index is 0.0789. The summed E-state index contributed by atoms with van der Waals surface area (Å²) in [6, 6.07) is 6.97. The molecule has 0 spiro atoms. The van der Waals surface area contributed by atoms with Gasteiger partial charge >= 0.3 is 0 Å². The first-order chi connectivity index (χ1) is 9.42. The monoisotopic (exact) mass is 296 g/mol. The number of nitrogens with two attached hydrogens (primary N) is 1. The Hall–Kier alpha value is -0.910. The Morgan fingerprint density at radius 3 is 2.50 bits per heavy atom. The molecule has 2 atom stereocenters. The van der Waals surface area contributed by atoms with Crippen molar-refractivity contribution in [3.8, 4) is 0 Å². The van der Waals surface area contributed by atoms with Crippen LogP contribution in [0.25, 0.3) is 0 Å². The highest BCUT2D eigenvalue weighted by Crippen LogP contribution is 2.25. The van der Waals surface area contributed by atoms with Crippen LogP contribution < -0.4 is 10.5 Å². The second-order valence-corrected chi connectivity index (χ2v) is 7.55. The molecule has 0 aliphatic heterocycles. The van der Waals surface area contributed by atoms with Gasteiger partial charge in [0.2, 0.25) is 10.0 Å². The summed E-state index contributed by atoms with van der Waals surface area (Å²) in [4.78, 5) is 0.382. The van der Waals surface area contributed by atoms with Gasteiger partial charge in [-0.2, -0.15) is 0 Å². The lowest BCUT2D eigenvalue weighted by Crippen LogP contribution is -2.49. The Bertz CT molecular complexity index is 555. The first kappa shape index (κ1) is 15.5. The molecule has 0 unspecified atom stereocenters. The second-order valence-electron chi connectivity index (χ2n) is 5.87. The fraction of sp³-hybridized carbons (Fsp3) is 0.600. The van der Waals surface area contributed by atoms with E-state index in [2.05, 4.69) is 4.72 Å². The molecule has 0 amide bonds. The minimum Gasteiger partial charge on any atom is -0.326 e. The van der Waals surface area contributed by atoms with Crippen LogP contribution in [0.3, 0.4) is 0 Å². The van der Waals surface area contributed by atoms with Gasteiger partial charge in [0.25, 0.3) is 0 Å². The molecule has 1 aliphatic rings. The van der Waals surface area contributed by atoms with Crippen LogP contribution in [-0.2, 0) is 10.0 Å². The molecule has 3 N–H and O–H groups in total. The van der Waals surface area contributed by atoms with Crippen LogP contribution in [-0.4, -0.2) is 20.5 Å². The van der Waals surface area contributed by atoms with Crippen LogP contribution in [0.2, 0.25) is 0 Å². The lowest BCUT2D eigenvalue weighted by Gasteiger charge is -2.29. The molecule has 1 aromatic carbocycles. The maximum absolute atomic E-state index is 12.6. The van der Waals surface area contributed by atoms with Gasteiger partial charge in [-0.25, -0.2) is 13.1 Å². The van der Waals surface area contributed by atoms with Crippen LogP contribution in [0, 0.1) is 0 Å². The standard InChI is InChI=1S/C15H24N2O2S/c1-11(2)12-7-3-6-10-15(12)20(18,19)17-14-9-5-4-8-13(14)16/h3,6-7,10-11,13-14,17H,4-5,8-9,16H2,1-2H3/t13-,14-/m1/s1. The van der Waals surface area contributed by atoms with E-state index in [1.54, 1.807) is 12.1 Å². The van der Waals surface area contributed by atoms with Gasteiger partial charge in [0.1, 0.15) is 0 Å². The van der Waals surface area contributed by atoms with Crippen molar-refractivity contribution in [3.05, 3.63) is 29.8 Å². The fourth-order valence-corrected chi connectivity index (χ4v) is 4.46. The molecule has 0 saturated heterocycles. The molecule has 0 heterocycles. The highest BCUT2D eigenvalue weighted by atomic mass is 32.2. The van der Waals surface area contributed by atoms with Crippen LogP contribution in [0.5, 0.6) is 0 Å². The maximum Gasteiger partial charge on any atom is 0.241 e. The number of hydrogen-bond donors (Lipinski definition) is 2. The third-order valence-electron chi connectivity index (χ3n) is 3.96. The average molecular weight is 296 g/mol. The zero-order chi connectivity index (χ0) is 14.8. The van der Waals surface area contributed by atoms with E-state index in [0.29, 0.717) is 4.90 Å². The van der Waals surface area contributed by atoms with Crippen LogP contribution in [0.15, 0.2) is 29.2 Å². The van der Waals surface area contributed by atoms with Crippen molar-refractivity contribution in [2.24, 2.45) is 5.73 Å². The highest BCUT2D eigenvalue weighted by molar-refractivity contribution is 7.89.